The van der Waals surface area contributed by atoms with E-state index in [1.54, 1.807) is 0 Å². The maximum atomic E-state index is 5.45. The summed E-state index contributed by atoms with van der Waals surface area (Å²) in [5, 5.41) is 8.73. The fourth-order valence-corrected chi connectivity index (χ4v) is 2.84. The predicted molar refractivity (Wildman–Crippen MR) is 80.2 cm³/mol. The van der Waals surface area contributed by atoms with Crippen LogP contribution in [0.2, 0.25) is 0 Å². The molecule has 0 aliphatic carbocycles. The Bertz CT molecular complexity index is 803. The highest BCUT2D eigenvalue weighted by Crippen LogP contribution is 2.18. The number of H-pyrrole nitrogens is 1. The van der Waals surface area contributed by atoms with Gasteiger partial charge in [-0.05, 0) is 32.1 Å². The van der Waals surface area contributed by atoms with Crippen molar-refractivity contribution in [2.75, 3.05) is 0 Å². The largest absolute Gasteiger partial charge is 0.328 e. The zero-order valence-corrected chi connectivity index (χ0v) is 12.7. The molecule has 1 N–H and O–H groups in total. The van der Waals surface area contributed by atoms with E-state index >= 15 is 0 Å². The Kier molecular flexibility index (Phi) is 3.21. The molecule has 0 aliphatic heterocycles. The van der Waals surface area contributed by atoms with E-state index in [1.165, 1.54) is 5.69 Å². The molecule has 0 bridgehead atoms. The van der Waals surface area contributed by atoms with E-state index in [2.05, 4.69) is 26.7 Å². The lowest BCUT2D eigenvalue weighted by Gasteiger charge is -2.06. The topological polar surface area (TPSA) is 56.4 Å². The third-order valence-electron chi connectivity index (χ3n) is 3.65. The van der Waals surface area contributed by atoms with Crippen LogP contribution in [0.25, 0.3) is 11.2 Å². The summed E-state index contributed by atoms with van der Waals surface area (Å²) in [5.41, 5.74) is 4.31. The number of nitrogens with zero attached hydrogens (tertiary/aromatic N) is 5. The normalized spacial score (nSPS) is 11.6. The van der Waals surface area contributed by atoms with Crippen LogP contribution in [0, 0.1) is 11.7 Å². The molecule has 7 heteroatoms. The molecular weight excluding hydrogens is 272 g/mol. The van der Waals surface area contributed by atoms with E-state index in [0.29, 0.717) is 0 Å². The molecule has 3 aromatic rings. The molecule has 20 heavy (non-hydrogen) atoms. The summed E-state index contributed by atoms with van der Waals surface area (Å²) in [6.07, 6.45) is 2.72. The second-order valence-corrected chi connectivity index (χ2v) is 5.26. The quantitative estimate of drug-likeness (QED) is 0.749. The lowest BCUT2D eigenvalue weighted by atomic mass is 10.3. The highest BCUT2D eigenvalue weighted by molar-refractivity contribution is 7.71. The van der Waals surface area contributed by atoms with Gasteiger partial charge in [0.05, 0.1) is 5.69 Å². The first-order valence-electron chi connectivity index (χ1n) is 6.74. The van der Waals surface area contributed by atoms with Crippen molar-refractivity contribution in [1.29, 1.82) is 0 Å². The van der Waals surface area contributed by atoms with Crippen LogP contribution in [0.1, 0.15) is 18.3 Å². The number of aryl methyl sites for hydroxylation is 5. The molecule has 0 aliphatic rings. The number of hydrogen-bond donors (Lipinski definition) is 1. The first-order valence-corrected chi connectivity index (χ1v) is 7.15. The molecule has 0 aromatic carbocycles. The molecule has 0 unspecified atom stereocenters. The van der Waals surface area contributed by atoms with Gasteiger partial charge in [-0.3, -0.25) is 4.68 Å². The van der Waals surface area contributed by atoms with Crippen LogP contribution in [-0.2, 0) is 26.6 Å². The summed E-state index contributed by atoms with van der Waals surface area (Å²) in [6.45, 7) is 5.75. The van der Waals surface area contributed by atoms with Crippen LogP contribution < -0.4 is 0 Å². The number of imidazole rings is 1. The first-order chi connectivity index (χ1) is 9.61. The number of rotatable bonds is 4. The summed E-state index contributed by atoms with van der Waals surface area (Å²) in [6, 6.07) is 2.04. The molecule has 3 aromatic heterocycles. The Hall–Kier alpha value is -1.89. The van der Waals surface area contributed by atoms with E-state index < -0.39 is 0 Å². The second-order valence-electron chi connectivity index (χ2n) is 4.88. The Morgan fingerprint density at radius 2 is 2.20 bits per heavy atom. The minimum Gasteiger partial charge on any atom is -0.328 e. The van der Waals surface area contributed by atoms with Gasteiger partial charge in [-0.25, -0.2) is 4.68 Å². The van der Waals surface area contributed by atoms with Crippen LogP contribution >= 0.6 is 12.2 Å². The third-order valence-corrected chi connectivity index (χ3v) is 3.97. The minimum atomic E-state index is 0.755. The monoisotopic (exact) mass is 290 g/mol. The SMILES string of the molecule is CCn1nc(C)c2[nH]c(=S)n(CCc3ccnn3C)c21. The Balaban J connectivity index is 2.00. The van der Waals surface area contributed by atoms with Crippen molar-refractivity contribution in [1.82, 2.24) is 29.1 Å². The average Bonchev–Trinajstić information content (AvgIpc) is 3.05. The highest BCUT2D eigenvalue weighted by atomic mass is 32.1. The van der Waals surface area contributed by atoms with Gasteiger partial charge in [0.1, 0.15) is 5.52 Å². The molecule has 0 spiro atoms. The number of nitrogens with one attached hydrogen (secondary N) is 1. The van der Waals surface area contributed by atoms with Gasteiger partial charge in [0.2, 0.25) is 0 Å². The Labute approximate surface area is 122 Å². The summed E-state index contributed by atoms with van der Waals surface area (Å²) in [4.78, 5) is 3.27. The molecule has 0 saturated carbocycles. The summed E-state index contributed by atoms with van der Waals surface area (Å²) in [7, 11) is 1.96. The smallest absolute Gasteiger partial charge is 0.179 e. The van der Waals surface area contributed by atoms with Crippen molar-refractivity contribution in [3.05, 3.63) is 28.4 Å². The van der Waals surface area contributed by atoms with Gasteiger partial charge in [0.25, 0.3) is 0 Å². The van der Waals surface area contributed by atoms with Crippen molar-refractivity contribution in [3.8, 4) is 0 Å². The van der Waals surface area contributed by atoms with Crippen molar-refractivity contribution < 1.29 is 0 Å². The van der Waals surface area contributed by atoms with E-state index in [-0.39, 0.29) is 0 Å². The molecule has 3 heterocycles. The molecule has 0 radical (unpaired) electrons. The molecule has 0 fully saturated rings. The van der Waals surface area contributed by atoms with E-state index in [9.17, 15) is 0 Å². The lowest BCUT2D eigenvalue weighted by Crippen LogP contribution is -2.09. The van der Waals surface area contributed by atoms with Crippen LogP contribution in [0.4, 0.5) is 0 Å². The molecule has 6 nitrogen and oxygen atoms in total. The van der Waals surface area contributed by atoms with Crippen molar-refractivity contribution in [2.24, 2.45) is 7.05 Å². The van der Waals surface area contributed by atoms with Crippen molar-refractivity contribution in [2.45, 2.75) is 33.4 Å². The van der Waals surface area contributed by atoms with E-state index in [4.69, 9.17) is 12.2 Å². The summed E-state index contributed by atoms with van der Waals surface area (Å²) >= 11 is 5.45. The van der Waals surface area contributed by atoms with Gasteiger partial charge in [0.15, 0.2) is 10.4 Å². The van der Waals surface area contributed by atoms with Crippen molar-refractivity contribution >= 4 is 23.4 Å². The predicted octanol–water partition coefficient (Wildman–Crippen LogP) is 2.20. The average molecular weight is 290 g/mol. The summed E-state index contributed by atoms with van der Waals surface area (Å²) < 4.78 is 6.78. The van der Waals surface area contributed by atoms with Crippen LogP contribution in [-0.4, -0.2) is 29.1 Å². The Morgan fingerprint density at radius 3 is 2.85 bits per heavy atom. The molecular formula is C13H18N6S. The zero-order chi connectivity index (χ0) is 14.3. The highest BCUT2D eigenvalue weighted by Gasteiger charge is 2.14. The minimum absolute atomic E-state index is 0.755. The fraction of sp³-hybridized carbons (Fsp3) is 0.462. The fourth-order valence-electron chi connectivity index (χ4n) is 2.56. The number of aromatic nitrogens is 6. The number of aromatic amines is 1. The second kappa shape index (κ2) is 4.90. The first kappa shape index (κ1) is 13.1. The summed E-state index contributed by atoms with van der Waals surface area (Å²) in [5.74, 6) is 0. The van der Waals surface area contributed by atoms with E-state index in [1.807, 2.05) is 35.6 Å². The van der Waals surface area contributed by atoms with Crippen molar-refractivity contribution in [3.63, 3.8) is 0 Å². The van der Waals surface area contributed by atoms with Crippen LogP contribution in [0.5, 0.6) is 0 Å². The van der Waals surface area contributed by atoms with Crippen LogP contribution in [0.3, 0.4) is 0 Å². The maximum absolute atomic E-state index is 5.45. The van der Waals surface area contributed by atoms with Crippen LogP contribution in [0.15, 0.2) is 12.3 Å². The third kappa shape index (κ3) is 1.98. The van der Waals surface area contributed by atoms with Gasteiger partial charge >= 0.3 is 0 Å². The van der Waals surface area contributed by atoms with Gasteiger partial charge in [-0.1, -0.05) is 0 Å². The molecule has 3 rings (SSSR count). The van der Waals surface area contributed by atoms with Gasteiger partial charge in [0, 0.05) is 38.4 Å². The van der Waals surface area contributed by atoms with Gasteiger partial charge in [-0.15, -0.1) is 0 Å². The van der Waals surface area contributed by atoms with E-state index in [0.717, 1.165) is 41.1 Å². The Morgan fingerprint density at radius 1 is 1.40 bits per heavy atom. The molecule has 0 saturated heterocycles. The zero-order valence-electron chi connectivity index (χ0n) is 11.9. The number of fused-ring (bicyclic) bond motifs is 1. The lowest BCUT2D eigenvalue weighted by molar-refractivity contribution is 0.605. The molecule has 0 atom stereocenters. The number of hydrogen-bond acceptors (Lipinski definition) is 3. The maximum Gasteiger partial charge on any atom is 0.179 e. The van der Waals surface area contributed by atoms with Gasteiger partial charge in [-0.2, -0.15) is 10.2 Å². The standard InChI is InChI=1S/C13H18N6S/c1-4-19-12-11(9(2)16-19)15-13(20)18(12)8-6-10-5-7-14-17(10)3/h5,7H,4,6,8H2,1-3H3,(H,15,20). The van der Waals surface area contributed by atoms with Gasteiger partial charge < -0.3 is 9.55 Å². The molecule has 106 valence electrons. The molecule has 0 amide bonds.